The average Bonchev–Trinajstić information content (AvgIpc) is 2.83. The molecule has 1 aromatic carbocycles. The van der Waals surface area contributed by atoms with Gasteiger partial charge in [0, 0.05) is 18.8 Å². The first-order valence-electron chi connectivity index (χ1n) is 7.08. The number of nitrogens with zero attached hydrogens (tertiary/aromatic N) is 1. The molecule has 1 fully saturated rings. The van der Waals surface area contributed by atoms with Gasteiger partial charge in [0.05, 0.1) is 12.6 Å². The van der Waals surface area contributed by atoms with E-state index in [0.29, 0.717) is 6.61 Å². The highest BCUT2D eigenvalue weighted by Crippen LogP contribution is 2.26. The van der Waals surface area contributed by atoms with Crippen LogP contribution in [0.15, 0.2) is 24.3 Å². The molecule has 0 aromatic heterocycles. The molecule has 2 heterocycles. The molecule has 0 spiro atoms. The molecule has 19 heavy (non-hydrogen) atoms. The van der Waals surface area contributed by atoms with Crippen molar-refractivity contribution in [3.05, 3.63) is 29.8 Å². The fraction of sp³-hybridized carbons (Fsp3) is 0.533. The first-order chi connectivity index (χ1) is 9.34. The van der Waals surface area contributed by atoms with Crippen molar-refractivity contribution in [1.82, 2.24) is 5.32 Å². The summed E-state index contributed by atoms with van der Waals surface area (Å²) in [5, 5.41) is 3.08. The van der Waals surface area contributed by atoms with Crippen LogP contribution in [-0.2, 0) is 11.2 Å². The van der Waals surface area contributed by atoms with Crippen molar-refractivity contribution in [2.75, 3.05) is 24.7 Å². The van der Waals surface area contributed by atoms with Gasteiger partial charge in [-0.3, -0.25) is 4.90 Å². The smallest absolute Gasteiger partial charge is 0.322 e. The van der Waals surface area contributed by atoms with E-state index in [4.69, 9.17) is 4.74 Å². The van der Waals surface area contributed by atoms with Gasteiger partial charge in [-0.15, -0.1) is 0 Å². The maximum Gasteiger partial charge on any atom is 0.322 e. The quantitative estimate of drug-likeness (QED) is 0.842. The summed E-state index contributed by atoms with van der Waals surface area (Å²) < 4.78 is 5.31. The number of urea groups is 1. The molecular weight excluding hydrogens is 240 g/mol. The van der Waals surface area contributed by atoms with Crippen LogP contribution in [0.1, 0.15) is 24.8 Å². The van der Waals surface area contributed by atoms with Gasteiger partial charge in [0.2, 0.25) is 0 Å². The number of hydrogen-bond acceptors (Lipinski definition) is 2. The van der Waals surface area contributed by atoms with Gasteiger partial charge in [0.25, 0.3) is 0 Å². The highest BCUT2D eigenvalue weighted by Gasteiger charge is 2.24. The number of ether oxygens (including phenoxy) is 1. The van der Waals surface area contributed by atoms with E-state index in [0.717, 1.165) is 44.5 Å². The van der Waals surface area contributed by atoms with E-state index in [1.807, 2.05) is 23.1 Å². The maximum absolute atomic E-state index is 12.4. The lowest BCUT2D eigenvalue weighted by atomic mass is 10.1. The highest BCUT2D eigenvalue weighted by atomic mass is 16.5. The zero-order chi connectivity index (χ0) is 13.1. The lowest BCUT2D eigenvalue weighted by Crippen LogP contribution is -2.45. The molecule has 1 aromatic rings. The van der Waals surface area contributed by atoms with Crippen LogP contribution in [0.5, 0.6) is 0 Å². The number of hydrogen-bond donors (Lipinski definition) is 1. The van der Waals surface area contributed by atoms with Crippen LogP contribution in [0.3, 0.4) is 0 Å². The van der Waals surface area contributed by atoms with E-state index in [-0.39, 0.29) is 12.1 Å². The van der Waals surface area contributed by atoms with E-state index in [2.05, 4.69) is 11.4 Å². The van der Waals surface area contributed by atoms with Crippen molar-refractivity contribution in [3.8, 4) is 0 Å². The number of amides is 2. The summed E-state index contributed by atoms with van der Waals surface area (Å²) in [5.74, 6) is 0. The molecule has 1 saturated heterocycles. The number of aryl methyl sites for hydroxylation is 1. The van der Waals surface area contributed by atoms with Gasteiger partial charge >= 0.3 is 6.03 Å². The van der Waals surface area contributed by atoms with Crippen LogP contribution in [0, 0.1) is 0 Å². The Morgan fingerprint density at radius 1 is 1.32 bits per heavy atom. The largest absolute Gasteiger partial charge is 0.379 e. The van der Waals surface area contributed by atoms with Crippen LogP contribution in [0.25, 0.3) is 0 Å². The van der Waals surface area contributed by atoms with Crippen molar-refractivity contribution in [1.29, 1.82) is 0 Å². The molecule has 0 bridgehead atoms. The summed E-state index contributed by atoms with van der Waals surface area (Å²) in [4.78, 5) is 14.3. The molecule has 2 aliphatic heterocycles. The second-order valence-electron chi connectivity index (χ2n) is 5.25. The van der Waals surface area contributed by atoms with Gasteiger partial charge in [0.1, 0.15) is 0 Å². The van der Waals surface area contributed by atoms with Crippen molar-refractivity contribution >= 4 is 11.7 Å². The third kappa shape index (κ3) is 2.73. The molecule has 0 aliphatic carbocycles. The third-order valence-electron chi connectivity index (χ3n) is 3.86. The van der Waals surface area contributed by atoms with Crippen LogP contribution in [0.4, 0.5) is 10.5 Å². The van der Waals surface area contributed by atoms with Crippen molar-refractivity contribution in [2.24, 2.45) is 0 Å². The van der Waals surface area contributed by atoms with Crippen LogP contribution in [-0.4, -0.2) is 31.8 Å². The third-order valence-corrected chi connectivity index (χ3v) is 3.86. The minimum atomic E-state index is 0.0184. The minimum Gasteiger partial charge on any atom is -0.379 e. The Morgan fingerprint density at radius 3 is 3.05 bits per heavy atom. The Bertz CT molecular complexity index is 455. The van der Waals surface area contributed by atoms with E-state index >= 15 is 0 Å². The lowest BCUT2D eigenvalue weighted by molar-refractivity contribution is 0.189. The summed E-state index contributed by atoms with van der Waals surface area (Å²) in [6, 6.07) is 8.41. The van der Waals surface area contributed by atoms with Crippen molar-refractivity contribution in [2.45, 2.75) is 31.7 Å². The zero-order valence-electron chi connectivity index (χ0n) is 11.1. The molecule has 0 saturated carbocycles. The molecule has 3 rings (SSSR count). The number of benzene rings is 1. The Balaban J connectivity index is 1.77. The summed E-state index contributed by atoms with van der Waals surface area (Å²) in [6.45, 7) is 2.19. The molecule has 4 heteroatoms. The SMILES string of the molecule is O=C(NC1CCOC1)N1CCCCc2ccccc21. The molecule has 1 atom stereocenters. The van der Waals surface area contributed by atoms with E-state index in [1.165, 1.54) is 5.56 Å². The van der Waals surface area contributed by atoms with Gasteiger partial charge in [-0.2, -0.15) is 0 Å². The molecule has 0 radical (unpaired) electrons. The van der Waals surface area contributed by atoms with Crippen molar-refractivity contribution in [3.63, 3.8) is 0 Å². The Hall–Kier alpha value is -1.55. The average molecular weight is 260 g/mol. The monoisotopic (exact) mass is 260 g/mol. The zero-order valence-corrected chi connectivity index (χ0v) is 11.1. The number of rotatable bonds is 1. The first kappa shape index (κ1) is 12.5. The number of para-hydroxylation sites is 1. The number of carbonyl (C=O) groups is 1. The number of fused-ring (bicyclic) bond motifs is 1. The second kappa shape index (κ2) is 5.61. The topological polar surface area (TPSA) is 41.6 Å². The Labute approximate surface area is 113 Å². The van der Waals surface area contributed by atoms with Crippen LogP contribution in [0.2, 0.25) is 0 Å². The van der Waals surface area contributed by atoms with E-state index in [1.54, 1.807) is 0 Å². The normalized spacial score (nSPS) is 22.7. The van der Waals surface area contributed by atoms with Gasteiger partial charge in [-0.1, -0.05) is 18.2 Å². The second-order valence-corrected chi connectivity index (χ2v) is 5.25. The van der Waals surface area contributed by atoms with Crippen molar-refractivity contribution < 1.29 is 9.53 Å². The van der Waals surface area contributed by atoms with Gasteiger partial charge < -0.3 is 10.1 Å². The van der Waals surface area contributed by atoms with E-state index in [9.17, 15) is 4.79 Å². The predicted octanol–water partition coefficient (Wildman–Crippen LogP) is 2.33. The minimum absolute atomic E-state index is 0.0184. The fourth-order valence-corrected chi connectivity index (χ4v) is 2.80. The molecule has 102 valence electrons. The Kier molecular flexibility index (Phi) is 3.69. The maximum atomic E-state index is 12.4. The number of anilines is 1. The molecule has 1 unspecified atom stereocenters. The number of nitrogens with one attached hydrogen (secondary N) is 1. The standard InChI is InChI=1S/C15H20N2O2/c18-15(16-13-8-10-19-11-13)17-9-4-3-6-12-5-1-2-7-14(12)17/h1-2,5,7,13H,3-4,6,8-11H2,(H,16,18). The van der Waals surface area contributed by atoms with E-state index < -0.39 is 0 Å². The van der Waals surface area contributed by atoms with Gasteiger partial charge in [0.15, 0.2) is 0 Å². The predicted molar refractivity (Wildman–Crippen MR) is 74.5 cm³/mol. The molecule has 2 amide bonds. The summed E-state index contributed by atoms with van der Waals surface area (Å²) in [6.07, 6.45) is 4.18. The molecule has 4 nitrogen and oxygen atoms in total. The molecule has 1 N–H and O–H groups in total. The summed E-state index contributed by atoms with van der Waals surface area (Å²) in [5.41, 5.74) is 2.34. The highest BCUT2D eigenvalue weighted by molar-refractivity contribution is 5.93. The van der Waals surface area contributed by atoms with Gasteiger partial charge in [-0.25, -0.2) is 4.79 Å². The summed E-state index contributed by atoms with van der Waals surface area (Å²) in [7, 11) is 0. The molecular formula is C15H20N2O2. The Morgan fingerprint density at radius 2 is 2.21 bits per heavy atom. The van der Waals surface area contributed by atoms with Crippen LogP contribution < -0.4 is 10.2 Å². The molecule has 2 aliphatic rings. The van der Waals surface area contributed by atoms with Crippen LogP contribution >= 0.6 is 0 Å². The first-order valence-corrected chi connectivity index (χ1v) is 7.08. The lowest BCUT2D eigenvalue weighted by Gasteiger charge is -2.24. The number of carbonyl (C=O) groups excluding carboxylic acids is 1. The summed E-state index contributed by atoms with van der Waals surface area (Å²) >= 11 is 0. The fourth-order valence-electron chi connectivity index (χ4n) is 2.80. The van der Waals surface area contributed by atoms with Gasteiger partial charge in [-0.05, 0) is 37.3 Å².